The summed E-state index contributed by atoms with van der Waals surface area (Å²) in [5.74, 6) is -0.916. The Bertz CT molecular complexity index is 1400. The van der Waals surface area contributed by atoms with Crippen molar-refractivity contribution >= 4 is 23.0 Å². The summed E-state index contributed by atoms with van der Waals surface area (Å²) in [6, 6.07) is 7.68. The Labute approximate surface area is 207 Å². The number of fused-ring (bicyclic) bond motifs is 1. The van der Waals surface area contributed by atoms with E-state index in [0.29, 0.717) is 39.8 Å². The maximum atomic E-state index is 13.6. The molecule has 4 aromatic rings. The molecule has 3 aromatic heterocycles. The first-order valence-electron chi connectivity index (χ1n) is 11.9. The third-order valence-corrected chi connectivity index (χ3v) is 6.51. The molecule has 0 atom stereocenters. The lowest BCUT2D eigenvalue weighted by atomic mass is 9.99. The normalized spacial score (nSPS) is 14.5. The van der Waals surface area contributed by atoms with Crippen molar-refractivity contribution in [2.24, 2.45) is 0 Å². The Morgan fingerprint density at radius 1 is 1.17 bits per heavy atom. The number of hydrogen-bond acceptors (Lipinski definition) is 7. The Morgan fingerprint density at radius 3 is 2.44 bits per heavy atom. The van der Waals surface area contributed by atoms with Gasteiger partial charge >= 0.3 is 5.97 Å². The second kappa shape index (κ2) is 9.62. The molecule has 0 unspecified atom stereocenters. The van der Waals surface area contributed by atoms with Crippen LogP contribution >= 0.6 is 0 Å². The van der Waals surface area contributed by atoms with Crippen LogP contribution in [-0.2, 0) is 4.74 Å². The molecule has 1 saturated heterocycles. The molecule has 1 aliphatic heterocycles. The van der Waals surface area contributed by atoms with Crippen molar-refractivity contribution in [3.8, 4) is 16.8 Å². The first kappa shape index (κ1) is 23.8. The summed E-state index contributed by atoms with van der Waals surface area (Å²) in [5, 5.41) is 15.3. The van der Waals surface area contributed by atoms with Crippen molar-refractivity contribution in [1.82, 2.24) is 24.7 Å². The van der Waals surface area contributed by atoms with Crippen LogP contribution < -0.4 is 4.90 Å². The van der Waals surface area contributed by atoms with Gasteiger partial charge in [0.1, 0.15) is 5.82 Å². The van der Waals surface area contributed by atoms with E-state index in [1.807, 2.05) is 20.9 Å². The SMILES string of the molecule is CC(C)c1nn(-c2ccc(F)cc2)c2nc(C(=O)O)cc(-c3cnc(N(C)C4CCOCC4)nc3)c12. The molecular weight excluding hydrogens is 463 g/mol. The largest absolute Gasteiger partial charge is 0.477 e. The summed E-state index contributed by atoms with van der Waals surface area (Å²) in [5.41, 5.74) is 2.88. The Balaban J connectivity index is 1.65. The molecule has 9 nitrogen and oxygen atoms in total. The highest BCUT2D eigenvalue weighted by Crippen LogP contribution is 2.35. The Morgan fingerprint density at radius 2 is 1.83 bits per heavy atom. The first-order valence-corrected chi connectivity index (χ1v) is 11.9. The Kier molecular flexibility index (Phi) is 6.36. The molecule has 1 aliphatic rings. The van der Waals surface area contributed by atoms with E-state index in [1.54, 1.807) is 29.2 Å². The van der Waals surface area contributed by atoms with Gasteiger partial charge in [-0.05, 0) is 49.1 Å². The lowest BCUT2D eigenvalue weighted by Gasteiger charge is -2.31. The number of carboxylic acids is 1. The average molecular weight is 491 g/mol. The van der Waals surface area contributed by atoms with Crippen LogP contribution in [-0.4, -0.2) is 62.1 Å². The van der Waals surface area contributed by atoms with E-state index in [-0.39, 0.29) is 17.4 Å². The summed E-state index contributed by atoms with van der Waals surface area (Å²) in [7, 11) is 1.97. The number of benzene rings is 1. The highest BCUT2D eigenvalue weighted by Gasteiger charge is 2.24. The highest BCUT2D eigenvalue weighted by atomic mass is 19.1. The molecule has 0 amide bonds. The van der Waals surface area contributed by atoms with Crippen LogP contribution in [0.3, 0.4) is 0 Å². The lowest BCUT2D eigenvalue weighted by molar-refractivity contribution is 0.0691. The van der Waals surface area contributed by atoms with Gasteiger partial charge in [-0.1, -0.05) is 13.8 Å². The molecule has 4 heterocycles. The van der Waals surface area contributed by atoms with E-state index in [2.05, 4.69) is 19.9 Å². The number of ether oxygens (including phenoxy) is 1. The van der Waals surface area contributed by atoms with Crippen molar-refractivity contribution in [2.45, 2.75) is 38.6 Å². The first-order chi connectivity index (χ1) is 17.3. The number of pyridine rings is 1. The van der Waals surface area contributed by atoms with Gasteiger partial charge in [-0.3, -0.25) is 0 Å². The number of anilines is 1. The van der Waals surface area contributed by atoms with Gasteiger partial charge in [0.25, 0.3) is 0 Å². The van der Waals surface area contributed by atoms with Crippen LogP contribution in [0, 0.1) is 5.82 Å². The zero-order chi connectivity index (χ0) is 25.4. The molecule has 5 rings (SSSR count). The van der Waals surface area contributed by atoms with Crippen LogP contribution in [0.15, 0.2) is 42.7 Å². The minimum atomic E-state index is -1.16. The number of nitrogens with zero attached hydrogens (tertiary/aromatic N) is 6. The van der Waals surface area contributed by atoms with E-state index >= 15 is 0 Å². The van der Waals surface area contributed by atoms with E-state index in [4.69, 9.17) is 9.84 Å². The van der Waals surface area contributed by atoms with Gasteiger partial charge in [0.15, 0.2) is 11.3 Å². The lowest BCUT2D eigenvalue weighted by Crippen LogP contribution is -2.37. The van der Waals surface area contributed by atoms with Gasteiger partial charge in [-0.2, -0.15) is 5.10 Å². The predicted molar refractivity (Wildman–Crippen MR) is 133 cm³/mol. The second-order valence-corrected chi connectivity index (χ2v) is 9.21. The van der Waals surface area contributed by atoms with Crippen LogP contribution in [0.4, 0.5) is 10.3 Å². The van der Waals surface area contributed by atoms with Gasteiger partial charge in [0, 0.05) is 49.8 Å². The third kappa shape index (κ3) is 4.39. The Hall–Kier alpha value is -3.92. The molecule has 36 heavy (non-hydrogen) atoms. The van der Waals surface area contributed by atoms with Crippen LogP contribution in [0.25, 0.3) is 27.8 Å². The van der Waals surface area contributed by atoms with Gasteiger partial charge < -0.3 is 14.7 Å². The number of aromatic nitrogens is 5. The van der Waals surface area contributed by atoms with Crippen molar-refractivity contribution < 1.29 is 19.0 Å². The minimum absolute atomic E-state index is 0.0188. The molecule has 1 N–H and O–H groups in total. The topological polar surface area (TPSA) is 106 Å². The fraction of sp³-hybridized carbons (Fsp3) is 0.346. The maximum Gasteiger partial charge on any atom is 0.354 e. The molecule has 1 aromatic carbocycles. The standard InChI is InChI=1S/C26H27FN6O3/c1-15(2)23-22-20(16-13-28-26(29-14-16)32(3)18-8-10-36-11-9-18)12-21(25(34)35)30-24(22)33(31-23)19-6-4-17(27)5-7-19/h4-7,12-15,18H,8-11H2,1-3H3,(H,34,35). The smallest absolute Gasteiger partial charge is 0.354 e. The fourth-order valence-corrected chi connectivity index (χ4v) is 4.52. The van der Waals surface area contributed by atoms with Crippen LogP contribution in [0.5, 0.6) is 0 Å². The summed E-state index contributed by atoms with van der Waals surface area (Å²) < 4.78 is 20.6. The number of carboxylic acid groups (broad SMARTS) is 1. The van der Waals surface area contributed by atoms with E-state index < -0.39 is 5.97 Å². The minimum Gasteiger partial charge on any atom is -0.477 e. The summed E-state index contributed by atoms with van der Waals surface area (Å²) in [6.45, 7) is 5.45. The number of carbonyl (C=O) groups is 1. The quantitative estimate of drug-likeness (QED) is 0.422. The van der Waals surface area contributed by atoms with Gasteiger partial charge in [-0.25, -0.2) is 28.8 Å². The van der Waals surface area contributed by atoms with E-state index in [0.717, 1.165) is 31.7 Å². The number of aromatic carboxylic acids is 1. The average Bonchev–Trinajstić information content (AvgIpc) is 3.29. The van der Waals surface area contributed by atoms with Crippen LogP contribution in [0.1, 0.15) is 48.8 Å². The van der Waals surface area contributed by atoms with Crippen molar-refractivity contribution in [3.05, 3.63) is 59.9 Å². The van der Waals surface area contributed by atoms with Gasteiger partial charge in [0.05, 0.1) is 16.8 Å². The summed E-state index contributed by atoms with van der Waals surface area (Å²) in [4.78, 5) is 27.7. The summed E-state index contributed by atoms with van der Waals surface area (Å²) >= 11 is 0. The predicted octanol–water partition coefficient (Wildman–Crippen LogP) is 4.45. The molecule has 0 radical (unpaired) electrons. The zero-order valence-electron chi connectivity index (χ0n) is 20.3. The summed E-state index contributed by atoms with van der Waals surface area (Å²) in [6.07, 6.45) is 5.24. The fourth-order valence-electron chi connectivity index (χ4n) is 4.52. The molecule has 0 saturated carbocycles. The van der Waals surface area contributed by atoms with Crippen molar-refractivity contribution in [1.29, 1.82) is 0 Å². The molecule has 10 heteroatoms. The van der Waals surface area contributed by atoms with Gasteiger partial charge in [-0.15, -0.1) is 0 Å². The molecular formula is C26H27FN6O3. The number of halogens is 1. The van der Waals surface area contributed by atoms with Crippen molar-refractivity contribution in [3.63, 3.8) is 0 Å². The maximum absolute atomic E-state index is 13.6. The van der Waals surface area contributed by atoms with Crippen molar-refractivity contribution in [2.75, 3.05) is 25.2 Å². The molecule has 186 valence electrons. The van der Waals surface area contributed by atoms with E-state index in [9.17, 15) is 14.3 Å². The van der Waals surface area contributed by atoms with Crippen LogP contribution in [0.2, 0.25) is 0 Å². The number of hydrogen-bond donors (Lipinski definition) is 1. The molecule has 0 spiro atoms. The van der Waals surface area contributed by atoms with Gasteiger partial charge in [0.2, 0.25) is 5.95 Å². The monoisotopic (exact) mass is 490 g/mol. The molecule has 0 aliphatic carbocycles. The molecule has 0 bridgehead atoms. The zero-order valence-corrected chi connectivity index (χ0v) is 20.3. The van der Waals surface area contributed by atoms with E-state index in [1.165, 1.54) is 18.2 Å². The number of rotatable bonds is 6. The second-order valence-electron chi connectivity index (χ2n) is 9.21. The third-order valence-electron chi connectivity index (χ3n) is 6.51. The molecule has 1 fully saturated rings. The highest BCUT2D eigenvalue weighted by molar-refractivity contribution is 6.00.